The van der Waals surface area contributed by atoms with Crippen LogP contribution in [0.4, 0.5) is 5.82 Å². The number of hydrogen-bond donors (Lipinski definition) is 0. The lowest BCUT2D eigenvalue weighted by atomic mass is 9.86. The molecule has 6 heteroatoms. The molecule has 1 saturated heterocycles. The molecule has 1 fully saturated rings. The van der Waals surface area contributed by atoms with E-state index in [0.29, 0.717) is 31.9 Å². The summed E-state index contributed by atoms with van der Waals surface area (Å²) >= 11 is 0. The normalized spacial score (nSPS) is 16.0. The highest BCUT2D eigenvalue weighted by Gasteiger charge is 2.33. The molecule has 0 spiro atoms. The van der Waals surface area contributed by atoms with Crippen molar-refractivity contribution in [2.45, 2.75) is 25.7 Å². The number of benzene rings is 1. The number of H-pyrrole nitrogens is 1. The van der Waals surface area contributed by atoms with E-state index in [1.807, 2.05) is 11.0 Å². The molecule has 2 aliphatic rings. The van der Waals surface area contributed by atoms with Crippen molar-refractivity contribution in [3.63, 3.8) is 0 Å². The van der Waals surface area contributed by atoms with Crippen molar-refractivity contribution in [2.24, 2.45) is 0 Å². The number of fused-ring (bicyclic) bond motifs is 1. The standard InChI is InChI=1S/C25H24N4O2/c26-17-21-19-9-4-5-10-20(19)23(18-7-2-1-3-8-18)27-24(21)28-12-14-29(15-13-28)25(30)22-11-6-16-31-22/h1-3,6-8,11,16H,4-5,9-10,12-15H2/p+1. The minimum absolute atomic E-state index is 0.0791. The van der Waals surface area contributed by atoms with E-state index in [2.05, 4.69) is 40.2 Å². The number of nitrogens with one attached hydrogen (secondary N) is 1. The van der Waals surface area contributed by atoms with E-state index < -0.39 is 0 Å². The number of carbonyl (C=O) groups excluding carboxylic acids is 1. The Balaban J connectivity index is 1.48. The van der Waals surface area contributed by atoms with Crippen LogP contribution in [0.25, 0.3) is 11.3 Å². The second kappa shape index (κ2) is 8.27. The molecule has 1 aliphatic carbocycles. The summed E-state index contributed by atoms with van der Waals surface area (Å²) in [5.74, 6) is 1.18. The number of pyridine rings is 1. The molecule has 1 aliphatic heterocycles. The van der Waals surface area contributed by atoms with E-state index in [1.165, 1.54) is 17.4 Å². The van der Waals surface area contributed by atoms with Gasteiger partial charge in [-0.1, -0.05) is 30.3 Å². The first-order valence-corrected chi connectivity index (χ1v) is 10.9. The molecule has 3 heterocycles. The van der Waals surface area contributed by atoms with Crippen molar-refractivity contribution in [1.29, 1.82) is 5.26 Å². The predicted molar refractivity (Wildman–Crippen MR) is 117 cm³/mol. The summed E-state index contributed by atoms with van der Waals surface area (Å²) in [7, 11) is 0. The number of nitrogens with zero attached hydrogens (tertiary/aromatic N) is 3. The molecule has 6 nitrogen and oxygen atoms in total. The van der Waals surface area contributed by atoms with Crippen molar-refractivity contribution in [1.82, 2.24) is 4.90 Å². The van der Waals surface area contributed by atoms with Gasteiger partial charge in [0.15, 0.2) is 5.76 Å². The molecule has 0 unspecified atom stereocenters. The molecule has 1 N–H and O–H groups in total. The van der Waals surface area contributed by atoms with Crippen molar-refractivity contribution in [2.75, 3.05) is 31.1 Å². The van der Waals surface area contributed by atoms with Crippen molar-refractivity contribution < 1.29 is 14.2 Å². The third-order valence-corrected chi connectivity index (χ3v) is 6.34. The van der Waals surface area contributed by atoms with Crippen LogP contribution in [0.2, 0.25) is 0 Å². The lowest BCUT2D eigenvalue weighted by Gasteiger charge is -2.31. The summed E-state index contributed by atoms with van der Waals surface area (Å²) in [4.78, 5) is 20.3. The highest BCUT2D eigenvalue weighted by molar-refractivity contribution is 5.91. The largest absolute Gasteiger partial charge is 0.459 e. The van der Waals surface area contributed by atoms with Gasteiger partial charge < -0.3 is 9.32 Å². The molecule has 2 aromatic heterocycles. The molecule has 0 radical (unpaired) electrons. The third kappa shape index (κ3) is 3.57. The zero-order valence-corrected chi connectivity index (χ0v) is 17.4. The van der Waals surface area contributed by atoms with Crippen molar-refractivity contribution in [3.8, 4) is 17.3 Å². The average molecular weight is 414 g/mol. The minimum Gasteiger partial charge on any atom is -0.459 e. The minimum atomic E-state index is -0.0791. The van der Waals surface area contributed by atoms with Gasteiger partial charge in [0.25, 0.3) is 11.7 Å². The van der Waals surface area contributed by atoms with E-state index in [-0.39, 0.29) is 5.91 Å². The number of rotatable bonds is 3. The van der Waals surface area contributed by atoms with Gasteiger partial charge in [-0.3, -0.25) is 9.69 Å². The monoisotopic (exact) mass is 413 g/mol. The van der Waals surface area contributed by atoms with E-state index in [4.69, 9.17) is 4.42 Å². The molecule has 0 atom stereocenters. The summed E-state index contributed by atoms with van der Waals surface area (Å²) in [6.07, 6.45) is 5.73. The summed E-state index contributed by atoms with van der Waals surface area (Å²) in [5.41, 5.74) is 5.51. The van der Waals surface area contributed by atoms with Crippen LogP contribution in [-0.4, -0.2) is 37.0 Å². The Labute approximate surface area is 181 Å². The molecular weight excluding hydrogens is 388 g/mol. The van der Waals surface area contributed by atoms with Gasteiger partial charge in [-0.25, -0.2) is 4.98 Å². The maximum Gasteiger partial charge on any atom is 0.293 e. The second-order valence-electron chi connectivity index (χ2n) is 8.12. The van der Waals surface area contributed by atoms with Crippen LogP contribution in [-0.2, 0) is 12.8 Å². The molecule has 0 saturated carbocycles. The quantitative estimate of drug-likeness (QED) is 0.659. The van der Waals surface area contributed by atoms with E-state index in [1.54, 1.807) is 12.1 Å². The van der Waals surface area contributed by atoms with Gasteiger partial charge in [0.05, 0.1) is 19.4 Å². The number of aromatic amines is 1. The number of anilines is 1. The molecule has 0 bridgehead atoms. The number of nitriles is 1. The SMILES string of the molecule is N#Cc1c(N2CCN(C(=O)c3ccco3)CC2)[nH+]c(-c2ccccc2)c2c1CCCC2. The maximum absolute atomic E-state index is 12.6. The first kappa shape index (κ1) is 19.4. The van der Waals surface area contributed by atoms with Gasteiger partial charge in [-0.05, 0) is 43.4 Å². The Kier molecular flexibility index (Phi) is 5.17. The number of amides is 1. The van der Waals surface area contributed by atoms with Crippen molar-refractivity contribution in [3.05, 3.63) is 71.2 Å². The van der Waals surface area contributed by atoms with Crippen LogP contribution in [0, 0.1) is 11.3 Å². The zero-order chi connectivity index (χ0) is 21.2. The molecule has 156 valence electrons. The van der Waals surface area contributed by atoms with Gasteiger partial charge in [0.1, 0.15) is 30.4 Å². The lowest BCUT2D eigenvalue weighted by Crippen LogP contribution is -2.50. The zero-order valence-electron chi connectivity index (χ0n) is 17.4. The van der Waals surface area contributed by atoms with Gasteiger partial charge in [-0.2, -0.15) is 5.26 Å². The van der Waals surface area contributed by atoms with Crippen LogP contribution in [0.3, 0.4) is 0 Å². The van der Waals surface area contributed by atoms with E-state index in [9.17, 15) is 10.1 Å². The highest BCUT2D eigenvalue weighted by atomic mass is 16.3. The summed E-state index contributed by atoms with van der Waals surface area (Å²) < 4.78 is 5.27. The predicted octanol–water partition coefficient (Wildman–Crippen LogP) is 3.47. The topological polar surface area (TPSA) is 74.6 Å². The lowest BCUT2D eigenvalue weighted by molar-refractivity contribution is -0.352. The fourth-order valence-electron chi connectivity index (χ4n) is 4.75. The van der Waals surface area contributed by atoms with Crippen LogP contribution in [0.1, 0.15) is 40.1 Å². The first-order valence-electron chi connectivity index (χ1n) is 10.9. The Bertz CT molecular complexity index is 1120. The van der Waals surface area contributed by atoms with Crippen LogP contribution in [0.15, 0.2) is 53.1 Å². The van der Waals surface area contributed by atoms with Crippen molar-refractivity contribution >= 4 is 11.7 Å². The fraction of sp³-hybridized carbons (Fsp3) is 0.320. The molecule has 31 heavy (non-hydrogen) atoms. The molecular formula is C25H25N4O2+. The Morgan fingerprint density at radius 2 is 1.71 bits per heavy atom. The Hall–Kier alpha value is -3.59. The van der Waals surface area contributed by atoms with Gasteiger partial charge in [0.2, 0.25) is 0 Å². The number of piperazine rings is 1. The van der Waals surface area contributed by atoms with Gasteiger partial charge in [0, 0.05) is 11.1 Å². The van der Waals surface area contributed by atoms with Crippen LogP contribution in [0.5, 0.6) is 0 Å². The van der Waals surface area contributed by atoms with Crippen LogP contribution < -0.4 is 9.88 Å². The van der Waals surface area contributed by atoms with E-state index in [0.717, 1.165) is 48.3 Å². The van der Waals surface area contributed by atoms with Gasteiger partial charge in [-0.15, -0.1) is 0 Å². The fourth-order valence-corrected chi connectivity index (χ4v) is 4.75. The summed E-state index contributed by atoms with van der Waals surface area (Å²) in [6, 6.07) is 16.3. The number of aromatic nitrogens is 1. The smallest absolute Gasteiger partial charge is 0.293 e. The average Bonchev–Trinajstić information content (AvgIpc) is 3.38. The number of carbonyl (C=O) groups is 1. The second-order valence-corrected chi connectivity index (χ2v) is 8.12. The Morgan fingerprint density at radius 1 is 0.968 bits per heavy atom. The molecule has 1 amide bonds. The van der Waals surface area contributed by atoms with Gasteiger partial charge >= 0.3 is 0 Å². The summed E-state index contributed by atoms with van der Waals surface area (Å²) in [6.45, 7) is 2.53. The summed E-state index contributed by atoms with van der Waals surface area (Å²) in [5, 5.41) is 10.1. The number of furan rings is 1. The van der Waals surface area contributed by atoms with Crippen LogP contribution >= 0.6 is 0 Å². The molecule has 3 aromatic rings. The number of hydrogen-bond acceptors (Lipinski definition) is 4. The molecule has 5 rings (SSSR count). The molecule has 1 aromatic carbocycles. The maximum atomic E-state index is 12.6. The third-order valence-electron chi connectivity index (χ3n) is 6.34. The van der Waals surface area contributed by atoms with E-state index >= 15 is 0 Å². The Morgan fingerprint density at radius 3 is 2.39 bits per heavy atom. The first-order chi connectivity index (χ1) is 15.3. The highest BCUT2D eigenvalue weighted by Crippen LogP contribution is 2.34.